The third-order valence-corrected chi connectivity index (χ3v) is 3.94. The van der Waals surface area contributed by atoms with Crippen LogP contribution in [0.1, 0.15) is 17.5 Å². The maximum atomic E-state index is 12.3. The third-order valence-electron chi connectivity index (χ3n) is 3.94. The number of benzene rings is 2. The van der Waals surface area contributed by atoms with Crippen molar-refractivity contribution in [3.8, 4) is 0 Å². The number of para-hydroxylation sites is 1. The van der Waals surface area contributed by atoms with Gasteiger partial charge in [0.1, 0.15) is 0 Å². The minimum absolute atomic E-state index is 0. The largest absolute Gasteiger partial charge is 0.326 e. The minimum atomic E-state index is 0. The van der Waals surface area contributed by atoms with E-state index in [4.69, 9.17) is 0 Å². The van der Waals surface area contributed by atoms with Gasteiger partial charge in [-0.2, -0.15) is 0 Å². The fourth-order valence-corrected chi connectivity index (χ4v) is 2.73. The number of hydrogen-bond acceptors (Lipinski definition) is 2. The summed E-state index contributed by atoms with van der Waals surface area (Å²) >= 11 is 0. The highest BCUT2D eigenvalue weighted by Crippen LogP contribution is 2.20. The fraction of sp³-hybridized carbons (Fsp3) is 0.278. The van der Waals surface area contributed by atoms with E-state index in [2.05, 4.69) is 28.8 Å². The van der Waals surface area contributed by atoms with Gasteiger partial charge in [-0.05, 0) is 36.6 Å². The number of halogens is 1. The summed E-state index contributed by atoms with van der Waals surface area (Å²) in [6.07, 6.45) is 1.76. The van der Waals surface area contributed by atoms with Crippen LogP contribution in [-0.4, -0.2) is 19.0 Å². The summed E-state index contributed by atoms with van der Waals surface area (Å²) in [5, 5.41) is 6.33. The van der Waals surface area contributed by atoms with Crippen molar-refractivity contribution in [3.05, 3.63) is 65.7 Å². The molecule has 3 rings (SSSR count). The first-order valence-electron chi connectivity index (χ1n) is 7.46. The number of carbonyl (C=O) groups excluding carboxylic acids is 1. The lowest BCUT2D eigenvalue weighted by atomic mass is 10.0. The molecule has 2 aromatic rings. The Morgan fingerprint density at radius 3 is 2.55 bits per heavy atom. The van der Waals surface area contributed by atoms with Gasteiger partial charge in [0, 0.05) is 12.2 Å². The molecule has 0 radical (unpaired) electrons. The molecule has 1 atom stereocenters. The molecule has 2 N–H and O–H groups in total. The summed E-state index contributed by atoms with van der Waals surface area (Å²) in [4.78, 5) is 12.3. The lowest BCUT2D eigenvalue weighted by Crippen LogP contribution is -2.25. The number of nitrogens with one attached hydrogen (secondary N) is 2. The standard InChI is InChI=1S/C18H20N2O.ClH/c21-18(16-10-11-19-13-16)20-17-9-5-4-8-15(17)12-14-6-2-1-3-7-14;/h1-9,16,19H,10-13H2,(H,20,21);1H. The van der Waals surface area contributed by atoms with E-state index in [1.165, 1.54) is 5.56 Å². The second-order valence-corrected chi connectivity index (χ2v) is 5.50. The number of rotatable bonds is 4. The van der Waals surface area contributed by atoms with E-state index in [1.54, 1.807) is 0 Å². The minimum Gasteiger partial charge on any atom is -0.326 e. The van der Waals surface area contributed by atoms with Crippen LogP contribution in [0.15, 0.2) is 54.6 Å². The molecule has 2 aromatic carbocycles. The van der Waals surface area contributed by atoms with Crippen molar-refractivity contribution in [2.75, 3.05) is 18.4 Å². The average molecular weight is 317 g/mol. The molecule has 0 spiro atoms. The van der Waals surface area contributed by atoms with Gasteiger partial charge in [-0.25, -0.2) is 0 Å². The molecule has 22 heavy (non-hydrogen) atoms. The van der Waals surface area contributed by atoms with E-state index >= 15 is 0 Å². The molecule has 0 bridgehead atoms. The molecule has 1 unspecified atom stereocenters. The normalized spacial score (nSPS) is 16.8. The SMILES string of the molecule is Cl.O=C(Nc1ccccc1Cc1ccccc1)C1CCNC1. The second-order valence-electron chi connectivity index (χ2n) is 5.50. The van der Waals surface area contributed by atoms with E-state index in [-0.39, 0.29) is 24.2 Å². The van der Waals surface area contributed by atoms with Gasteiger partial charge in [0.05, 0.1) is 5.92 Å². The first-order chi connectivity index (χ1) is 10.3. The van der Waals surface area contributed by atoms with E-state index < -0.39 is 0 Å². The first kappa shape index (κ1) is 16.5. The summed E-state index contributed by atoms with van der Waals surface area (Å²) in [5.74, 6) is 0.218. The third kappa shape index (κ3) is 4.09. The fourth-order valence-electron chi connectivity index (χ4n) is 2.73. The number of carbonyl (C=O) groups is 1. The Kier molecular flexibility index (Phi) is 5.99. The smallest absolute Gasteiger partial charge is 0.228 e. The van der Waals surface area contributed by atoms with Crippen LogP contribution in [0, 0.1) is 5.92 Å². The Bertz CT molecular complexity index is 609. The molecule has 1 amide bonds. The number of hydrogen-bond donors (Lipinski definition) is 2. The Morgan fingerprint density at radius 2 is 1.82 bits per heavy atom. The van der Waals surface area contributed by atoms with Gasteiger partial charge in [0.25, 0.3) is 0 Å². The van der Waals surface area contributed by atoms with Crippen LogP contribution in [-0.2, 0) is 11.2 Å². The Morgan fingerprint density at radius 1 is 1.09 bits per heavy atom. The quantitative estimate of drug-likeness (QED) is 0.909. The zero-order chi connectivity index (χ0) is 14.5. The monoisotopic (exact) mass is 316 g/mol. The van der Waals surface area contributed by atoms with Crippen molar-refractivity contribution >= 4 is 24.0 Å². The molecule has 3 nitrogen and oxygen atoms in total. The molecule has 1 heterocycles. The van der Waals surface area contributed by atoms with Gasteiger partial charge in [0.15, 0.2) is 0 Å². The number of anilines is 1. The van der Waals surface area contributed by atoms with Crippen LogP contribution >= 0.6 is 12.4 Å². The molecule has 1 saturated heterocycles. The highest BCUT2D eigenvalue weighted by Gasteiger charge is 2.22. The van der Waals surface area contributed by atoms with E-state index in [0.29, 0.717) is 0 Å². The predicted molar refractivity (Wildman–Crippen MR) is 92.5 cm³/mol. The Balaban J connectivity index is 0.00000176. The van der Waals surface area contributed by atoms with Crippen molar-refractivity contribution in [2.24, 2.45) is 5.92 Å². The molecular weight excluding hydrogens is 296 g/mol. The van der Waals surface area contributed by atoms with Gasteiger partial charge >= 0.3 is 0 Å². The molecule has 0 aromatic heterocycles. The molecule has 4 heteroatoms. The highest BCUT2D eigenvalue weighted by molar-refractivity contribution is 5.93. The maximum Gasteiger partial charge on any atom is 0.228 e. The summed E-state index contributed by atoms with van der Waals surface area (Å²) in [5.41, 5.74) is 3.34. The molecule has 0 saturated carbocycles. The Labute approximate surface area is 137 Å². The van der Waals surface area contributed by atoms with Gasteiger partial charge in [-0.3, -0.25) is 4.79 Å². The van der Waals surface area contributed by atoms with Gasteiger partial charge in [-0.1, -0.05) is 48.5 Å². The van der Waals surface area contributed by atoms with Crippen LogP contribution in [0.5, 0.6) is 0 Å². The highest BCUT2D eigenvalue weighted by atomic mass is 35.5. The van der Waals surface area contributed by atoms with E-state index in [0.717, 1.165) is 37.2 Å². The van der Waals surface area contributed by atoms with Crippen molar-refractivity contribution in [3.63, 3.8) is 0 Å². The first-order valence-corrected chi connectivity index (χ1v) is 7.46. The number of amides is 1. The molecule has 1 fully saturated rings. The van der Waals surface area contributed by atoms with Crippen LogP contribution < -0.4 is 10.6 Å². The lowest BCUT2D eigenvalue weighted by Gasteiger charge is -2.14. The second kappa shape index (κ2) is 7.97. The molecule has 0 aliphatic carbocycles. The van der Waals surface area contributed by atoms with Gasteiger partial charge in [0.2, 0.25) is 5.91 Å². The summed E-state index contributed by atoms with van der Waals surface area (Å²) in [7, 11) is 0. The summed E-state index contributed by atoms with van der Waals surface area (Å²) in [6.45, 7) is 1.72. The maximum absolute atomic E-state index is 12.3. The summed E-state index contributed by atoms with van der Waals surface area (Å²) in [6, 6.07) is 18.4. The van der Waals surface area contributed by atoms with Crippen LogP contribution in [0.3, 0.4) is 0 Å². The molecule has 116 valence electrons. The molecular formula is C18H21ClN2O. The van der Waals surface area contributed by atoms with Crippen LogP contribution in [0.25, 0.3) is 0 Å². The summed E-state index contributed by atoms with van der Waals surface area (Å²) < 4.78 is 0. The predicted octanol–water partition coefficient (Wildman–Crippen LogP) is 3.25. The molecule has 1 aliphatic rings. The molecule has 1 aliphatic heterocycles. The van der Waals surface area contributed by atoms with Gasteiger partial charge < -0.3 is 10.6 Å². The van der Waals surface area contributed by atoms with Crippen molar-refractivity contribution in [2.45, 2.75) is 12.8 Å². The van der Waals surface area contributed by atoms with E-state index in [1.807, 2.05) is 36.4 Å². The zero-order valence-electron chi connectivity index (χ0n) is 12.4. The van der Waals surface area contributed by atoms with Crippen molar-refractivity contribution in [1.82, 2.24) is 5.32 Å². The lowest BCUT2D eigenvalue weighted by molar-refractivity contribution is -0.119. The van der Waals surface area contributed by atoms with Crippen LogP contribution in [0.4, 0.5) is 5.69 Å². The zero-order valence-corrected chi connectivity index (χ0v) is 13.2. The van der Waals surface area contributed by atoms with Crippen molar-refractivity contribution in [1.29, 1.82) is 0 Å². The topological polar surface area (TPSA) is 41.1 Å². The Hall–Kier alpha value is -1.84. The van der Waals surface area contributed by atoms with Gasteiger partial charge in [-0.15, -0.1) is 12.4 Å². The van der Waals surface area contributed by atoms with Crippen molar-refractivity contribution < 1.29 is 4.79 Å². The van der Waals surface area contributed by atoms with Crippen LogP contribution in [0.2, 0.25) is 0 Å². The average Bonchev–Trinajstić information content (AvgIpc) is 3.05. The van der Waals surface area contributed by atoms with E-state index in [9.17, 15) is 4.79 Å².